The SMILES string of the molecule is COc1ccc(CC(=O)NC(=O)[C@H](CC(C)C)N[C@@H]2CCOCC2=O)cc1OC. The summed E-state index contributed by atoms with van der Waals surface area (Å²) in [5, 5.41) is 5.56. The van der Waals surface area contributed by atoms with E-state index in [0.717, 1.165) is 0 Å². The summed E-state index contributed by atoms with van der Waals surface area (Å²) < 4.78 is 15.6. The van der Waals surface area contributed by atoms with Crippen LogP contribution in [0.2, 0.25) is 0 Å². The van der Waals surface area contributed by atoms with Crippen molar-refractivity contribution in [1.82, 2.24) is 10.6 Å². The highest BCUT2D eigenvalue weighted by Gasteiger charge is 2.29. The van der Waals surface area contributed by atoms with Crippen LogP contribution in [0.4, 0.5) is 0 Å². The first-order valence-corrected chi connectivity index (χ1v) is 9.75. The number of ether oxygens (including phenoxy) is 3. The number of nitrogens with one attached hydrogen (secondary N) is 2. The van der Waals surface area contributed by atoms with E-state index in [1.807, 2.05) is 13.8 Å². The third-order valence-corrected chi connectivity index (χ3v) is 4.69. The van der Waals surface area contributed by atoms with Crippen molar-refractivity contribution in [3.8, 4) is 11.5 Å². The molecule has 1 saturated heterocycles. The largest absolute Gasteiger partial charge is 0.493 e. The second kappa shape index (κ2) is 10.9. The molecule has 1 heterocycles. The standard InChI is InChI=1S/C21H30N2O6/c1-13(2)9-16(22-15-7-8-29-12-17(15)24)21(26)23-20(25)11-14-5-6-18(27-3)19(10-14)28-4/h5-6,10,13,15-16,22H,7-9,11-12H2,1-4H3,(H,23,25,26)/t15-,16+/m1/s1. The Morgan fingerprint density at radius 2 is 1.93 bits per heavy atom. The molecular weight excluding hydrogens is 376 g/mol. The van der Waals surface area contributed by atoms with Crippen LogP contribution in [0.25, 0.3) is 0 Å². The molecule has 8 nitrogen and oxygen atoms in total. The van der Waals surface area contributed by atoms with E-state index in [4.69, 9.17) is 14.2 Å². The van der Waals surface area contributed by atoms with E-state index in [9.17, 15) is 14.4 Å². The number of hydrogen-bond acceptors (Lipinski definition) is 7. The van der Waals surface area contributed by atoms with Gasteiger partial charge >= 0.3 is 0 Å². The zero-order chi connectivity index (χ0) is 21.4. The lowest BCUT2D eigenvalue weighted by Crippen LogP contribution is -2.54. The number of carbonyl (C=O) groups excluding carboxylic acids is 3. The van der Waals surface area contributed by atoms with Crippen molar-refractivity contribution >= 4 is 17.6 Å². The molecule has 0 saturated carbocycles. The van der Waals surface area contributed by atoms with Gasteiger partial charge in [-0.2, -0.15) is 0 Å². The molecule has 2 rings (SSSR count). The average Bonchev–Trinajstić information content (AvgIpc) is 2.68. The predicted octanol–water partition coefficient (Wildman–Crippen LogP) is 1.25. The monoisotopic (exact) mass is 406 g/mol. The Kier molecular flexibility index (Phi) is 8.60. The van der Waals surface area contributed by atoms with Crippen LogP contribution in [0.3, 0.4) is 0 Å². The summed E-state index contributed by atoms with van der Waals surface area (Å²) in [6, 6.07) is 4.10. The molecule has 1 aromatic carbocycles. The number of carbonyl (C=O) groups is 3. The van der Waals surface area contributed by atoms with Gasteiger partial charge in [0.05, 0.1) is 32.7 Å². The molecule has 1 aliphatic heterocycles. The highest BCUT2D eigenvalue weighted by atomic mass is 16.5. The second-order valence-electron chi connectivity index (χ2n) is 7.49. The lowest BCUT2D eigenvalue weighted by Gasteiger charge is -2.27. The summed E-state index contributed by atoms with van der Waals surface area (Å²) in [5.74, 6) is 0.375. The van der Waals surface area contributed by atoms with E-state index in [1.165, 1.54) is 14.2 Å². The summed E-state index contributed by atoms with van der Waals surface area (Å²) in [7, 11) is 3.05. The van der Waals surface area contributed by atoms with Crippen LogP contribution in [0, 0.1) is 5.92 Å². The van der Waals surface area contributed by atoms with Gasteiger partial charge in [0.2, 0.25) is 11.8 Å². The van der Waals surface area contributed by atoms with Crippen LogP contribution in [-0.2, 0) is 25.5 Å². The minimum absolute atomic E-state index is 0.0245. The van der Waals surface area contributed by atoms with E-state index in [0.29, 0.717) is 36.5 Å². The van der Waals surface area contributed by atoms with Crippen molar-refractivity contribution < 1.29 is 28.6 Å². The van der Waals surface area contributed by atoms with Crippen LogP contribution in [0.5, 0.6) is 11.5 Å². The normalized spacial score (nSPS) is 17.7. The smallest absolute Gasteiger partial charge is 0.243 e. The fourth-order valence-electron chi connectivity index (χ4n) is 3.22. The van der Waals surface area contributed by atoms with E-state index in [2.05, 4.69) is 10.6 Å². The predicted molar refractivity (Wildman–Crippen MR) is 107 cm³/mol. The van der Waals surface area contributed by atoms with Crippen molar-refractivity contribution in [2.75, 3.05) is 27.4 Å². The molecule has 29 heavy (non-hydrogen) atoms. The minimum atomic E-state index is -0.628. The number of amides is 2. The molecule has 2 atom stereocenters. The number of methoxy groups -OCH3 is 2. The molecule has 2 N–H and O–H groups in total. The first-order chi connectivity index (χ1) is 13.8. The van der Waals surface area contributed by atoms with E-state index >= 15 is 0 Å². The number of imide groups is 1. The summed E-state index contributed by atoms with van der Waals surface area (Å²) in [4.78, 5) is 37.1. The van der Waals surface area contributed by atoms with Gasteiger partial charge in [0, 0.05) is 6.61 Å². The highest BCUT2D eigenvalue weighted by molar-refractivity contribution is 5.99. The Morgan fingerprint density at radius 1 is 1.21 bits per heavy atom. The van der Waals surface area contributed by atoms with Crippen molar-refractivity contribution in [3.63, 3.8) is 0 Å². The Balaban J connectivity index is 2.00. The molecular formula is C21H30N2O6. The van der Waals surface area contributed by atoms with Crippen LogP contribution < -0.4 is 20.1 Å². The Labute approximate surface area is 171 Å². The fourth-order valence-corrected chi connectivity index (χ4v) is 3.22. The maximum absolute atomic E-state index is 12.7. The molecule has 1 fully saturated rings. The van der Waals surface area contributed by atoms with E-state index in [-0.39, 0.29) is 24.7 Å². The molecule has 0 spiro atoms. The first-order valence-electron chi connectivity index (χ1n) is 9.75. The Morgan fingerprint density at radius 3 is 2.55 bits per heavy atom. The zero-order valence-corrected chi connectivity index (χ0v) is 17.4. The number of ketones is 1. The maximum Gasteiger partial charge on any atom is 0.243 e. The van der Waals surface area contributed by atoms with Gasteiger partial charge in [-0.1, -0.05) is 19.9 Å². The van der Waals surface area contributed by atoms with E-state index < -0.39 is 23.9 Å². The maximum atomic E-state index is 12.7. The third-order valence-electron chi connectivity index (χ3n) is 4.69. The second-order valence-corrected chi connectivity index (χ2v) is 7.49. The number of rotatable bonds is 9. The summed E-state index contributed by atoms with van der Waals surface area (Å²) in [5.41, 5.74) is 0.695. The Hall–Kier alpha value is -2.45. The molecule has 2 amide bonds. The van der Waals surface area contributed by atoms with Crippen molar-refractivity contribution in [1.29, 1.82) is 0 Å². The number of Topliss-reactive ketones (excluding diaryl/α,β-unsaturated/α-hetero) is 1. The third kappa shape index (κ3) is 6.83. The number of hydrogen-bond donors (Lipinski definition) is 2. The van der Waals surface area contributed by atoms with Crippen molar-refractivity contribution in [3.05, 3.63) is 23.8 Å². The van der Waals surface area contributed by atoms with Gasteiger partial charge < -0.3 is 14.2 Å². The molecule has 0 bridgehead atoms. The molecule has 0 aliphatic carbocycles. The van der Waals surface area contributed by atoms with E-state index in [1.54, 1.807) is 18.2 Å². The van der Waals surface area contributed by atoms with Gasteiger partial charge in [-0.05, 0) is 36.5 Å². The quantitative estimate of drug-likeness (QED) is 0.636. The molecule has 8 heteroatoms. The lowest BCUT2D eigenvalue weighted by molar-refractivity contribution is -0.133. The van der Waals surface area contributed by atoms with Crippen LogP contribution in [0.15, 0.2) is 18.2 Å². The minimum Gasteiger partial charge on any atom is -0.493 e. The molecule has 1 aliphatic rings. The molecule has 0 radical (unpaired) electrons. The first kappa shape index (κ1) is 22.8. The molecule has 0 unspecified atom stereocenters. The van der Waals surface area contributed by atoms with Crippen LogP contribution >= 0.6 is 0 Å². The average molecular weight is 406 g/mol. The fraction of sp³-hybridized carbons (Fsp3) is 0.571. The number of benzene rings is 1. The van der Waals surface area contributed by atoms with Gasteiger partial charge in [-0.25, -0.2) is 0 Å². The van der Waals surface area contributed by atoms with Gasteiger partial charge in [-0.3, -0.25) is 25.0 Å². The summed E-state index contributed by atoms with van der Waals surface area (Å²) >= 11 is 0. The van der Waals surface area contributed by atoms with Gasteiger partial charge in [0.15, 0.2) is 17.3 Å². The van der Waals surface area contributed by atoms with Crippen LogP contribution in [0.1, 0.15) is 32.3 Å². The van der Waals surface area contributed by atoms with Gasteiger partial charge in [-0.15, -0.1) is 0 Å². The van der Waals surface area contributed by atoms with Crippen molar-refractivity contribution in [2.45, 2.75) is 45.2 Å². The summed E-state index contributed by atoms with van der Waals surface area (Å²) in [6.45, 7) is 4.49. The summed E-state index contributed by atoms with van der Waals surface area (Å²) in [6.07, 6.45) is 1.05. The molecule has 1 aromatic rings. The van der Waals surface area contributed by atoms with Crippen LogP contribution in [-0.4, -0.2) is 57.1 Å². The Bertz CT molecular complexity index is 734. The molecule has 160 valence electrons. The molecule has 0 aromatic heterocycles. The zero-order valence-electron chi connectivity index (χ0n) is 17.4. The van der Waals surface area contributed by atoms with Gasteiger partial charge in [0.1, 0.15) is 6.61 Å². The highest BCUT2D eigenvalue weighted by Crippen LogP contribution is 2.27. The lowest BCUT2D eigenvalue weighted by atomic mass is 9.99. The van der Waals surface area contributed by atoms with Crippen molar-refractivity contribution in [2.24, 2.45) is 5.92 Å². The topological polar surface area (TPSA) is 103 Å². The van der Waals surface area contributed by atoms with Gasteiger partial charge in [0.25, 0.3) is 0 Å².